The average molecular weight is 254 g/mol. The monoisotopic (exact) mass is 253 g/mol. The fraction of sp³-hybridized carbons (Fsp3) is 0.100. The Balaban J connectivity index is 2.31. The zero-order chi connectivity index (χ0) is 11.5. The van der Waals surface area contributed by atoms with Crippen LogP contribution in [0, 0.1) is 0 Å². The lowest BCUT2D eigenvalue weighted by Crippen LogP contribution is -1.94. The molecule has 0 aliphatic rings. The topological polar surface area (TPSA) is 58.6 Å². The van der Waals surface area contributed by atoms with Crippen LogP contribution >= 0.6 is 23.4 Å². The van der Waals surface area contributed by atoms with Gasteiger partial charge in [-0.15, -0.1) is 5.10 Å². The predicted molar refractivity (Wildman–Crippen MR) is 62.0 cm³/mol. The number of halogens is 1. The molecule has 0 fully saturated rings. The molecule has 0 radical (unpaired) electrons. The number of hydrogen-bond acceptors (Lipinski definition) is 4. The van der Waals surface area contributed by atoms with Crippen molar-refractivity contribution < 1.29 is 4.79 Å². The van der Waals surface area contributed by atoms with Gasteiger partial charge in [-0.25, -0.2) is 0 Å². The molecule has 16 heavy (non-hydrogen) atoms. The highest BCUT2D eigenvalue weighted by Gasteiger charge is 2.14. The summed E-state index contributed by atoms with van der Waals surface area (Å²) in [7, 11) is 0. The van der Waals surface area contributed by atoms with Crippen LogP contribution in [-0.4, -0.2) is 21.2 Å². The number of aromatic nitrogens is 3. The van der Waals surface area contributed by atoms with E-state index in [1.54, 1.807) is 6.07 Å². The minimum atomic E-state index is -0.122. The van der Waals surface area contributed by atoms with Gasteiger partial charge in [0.25, 0.3) is 0 Å². The van der Waals surface area contributed by atoms with Crippen LogP contribution in [0.4, 0.5) is 0 Å². The zero-order valence-electron chi connectivity index (χ0n) is 8.40. The maximum absolute atomic E-state index is 11.2. The molecule has 1 aromatic heterocycles. The van der Waals surface area contributed by atoms with Gasteiger partial charge in [0.1, 0.15) is 0 Å². The van der Waals surface area contributed by atoms with Crippen molar-refractivity contribution in [3.8, 4) is 0 Å². The minimum Gasteiger partial charge on any atom is -0.293 e. The average Bonchev–Trinajstić information content (AvgIpc) is 2.69. The third-order valence-corrected chi connectivity index (χ3v) is 3.39. The molecular weight excluding hydrogens is 246 g/mol. The van der Waals surface area contributed by atoms with Gasteiger partial charge in [0.05, 0.1) is 5.02 Å². The first-order chi connectivity index (χ1) is 7.68. The summed E-state index contributed by atoms with van der Waals surface area (Å²) in [5, 5.41) is 11.3. The number of ketones is 1. The molecule has 0 spiro atoms. The number of rotatable bonds is 3. The highest BCUT2D eigenvalue weighted by molar-refractivity contribution is 7.99. The van der Waals surface area contributed by atoms with Crippen molar-refractivity contribution in [2.24, 2.45) is 0 Å². The van der Waals surface area contributed by atoms with E-state index in [1.807, 2.05) is 18.2 Å². The number of nitrogens with zero attached hydrogens (tertiary/aromatic N) is 2. The molecule has 1 aromatic carbocycles. The molecule has 1 N–H and O–H groups in total. The van der Waals surface area contributed by atoms with Crippen LogP contribution in [-0.2, 0) is 0 Å². The van der Waals surface area contributed by atoms with E-state index in [1.165, 1.54) is 18.7 Å². The second-order valence-corrected chi connectivity index (χ2v) is 4.50. The van der Waals surface area contributed by atoms with Gasteiger partial charge < -0.3 is 0 Å². The van der Waals surface area contributed by atoms with Gasteiger partial charge in [-0.3, -0.25) is 4.79 Å². The molecule has 0 atom stereocenters. The summed E-state index contributed by atoms with van der Waals surface area (Å²) in [6.45, 7) is 1.45. The Hall–Kier alpha value is -1.33. The Morgan fingerprint density at radius 3 is 2.81 bits per heavy atom. The fourth-order valence-corrected chi connectivity index (χ4v) is 2.30. The number of H-pyrrole nitrogens is 1. The molecule has 1 heterocycles. The number of benzene rings is 1. The molecule has 4 nitrogen and oxygen atoms in total. The quantitative estimate of drug-likeness (QED) is 0.855. The summed E-state index contributed by atoms with van der Waals surface area (Å²) in [5.74, 6) is -0.122. The standard InChI is InChI=1S/C10H8ClN3OS/c1-6(15)9-10(13-14-12-9)16-8-5-3-2-4-7(8)11/h2-5H,1H3,(H,12,13,14). The number of hydrogen-bond donors (Lipinski definition) is 1. The first kappa shape index (κ1) is 11.2. The summed E-state index contributed by atoms with van der Waals surface area (Å²) in [4.78, 5) is 12.1. The van der Waals surface area contributed by atoms with Crippen molar-refractivity contribution in [1.82, 2.24) is 15.4 Å². The third-order valence-electron chi connectivity index (χ3n) is 1.89. The number of carbonyl (C=O) groups is 1. The molecule has 0 aliphatic carbocycles. The van der Waals surface area contributed by atoms with Crippen molar-refractivity contribution in [1.29, 1.82) is 0 Å². The molecule has 6 heteroatoms. The summed E-state index contributed by atoms with van der Waals surface area (Å²) < 4.78 is 0. The van der Waals surface area contributed by atoms with Crippen LogP contribution in [0.1, 0.15) is 17.4 Å². The maximum Gasteiger partial charge on any atom is 0.182 e. The molecule has 0 amide bonds. The fourth-order valence-electron chi connectivity index (χ4n) is 1.15. The van der Waals surface area contributed by atoms with E-state index in [9.17, 15) is 4.79 Å². The van der Waals surface area contributed by atoms with Crippen LogP contribution in [0.15, 0.2) is 34.2 Å². The Kier molecular flexibility index (Phi) is 3.26. The summed E-state index contributed by atoms with van der Waals surface area (Å²) in [6, 6.07) is 7.38. The molecule has 2 rings (SSSR count). The largest absolute Gasteiger partial charge is 0.293 e. The number of Topliss-reactive ketones (excluding diaryl/α,β-unsaturated/α-hetero) is 1. The number of nitrogens with one attached hydrogen (secondary N) is 1. The van der Waals surface area contributed by atoms with Gasteiger partial charge in [0.2, 0.25) is 0 Å². The van der Waals surface area contributed by atoms with E-state index in [0.29, 0.717) is 15.7 Å². The molecule has 82 valence electrons. The molecule has 0 aliphatic heterocycles. The minimum absolute atomic E-state index is 0.122. The molecule has 0 unspecified atom stereocenters. The summed E-state index contributed by atoms with van der Waals surface area (Å²) in [5.41, 5.74) is 0.338. The summed E-state index contributed by atoms with van der Waals surface area (Å²) in [6.07, 6.45) is 0. The molecule has 2 aromatic rings. The van der Waals surface area contributed by atoms with Crippen molar-refractivity contribution in [3.05, 3.63) is 35.0 Å². The van der Waals surface area contributed by atoms with Crippen LogP contribution < -0.4 is 0 Å². The van der Waals surface area contributed by atoms with Crippen molar-refractivity contribution in [3.63, 3.8) is 0 Å². The van der Waals surface area contributed by atoms with Gasteiger partial charge in [0, 0.05) is 11.8 Å². The van der Waals surface area contributed by atoms with E-state index >= 15 is 0 Å². The SMILES string of the molecule is CC(=O)c1n[nH]nc1Sc1ccccc1Cl. The lowest BCUT2D eigenvalue weighted by atomic mass is 10.3. The van der Waals surface area contributed by atoms with Gasteiger partial charge in [-0.2, -0.15) is 10.3 Å². The zero-order valence-corrected chi connectivity index (χ0v) is 9.97. The molecular formula is C10H8ClN3OS. The van der Waals surface area contributed by atoms with Crippen LogP contribution in [0.3, 0.4) is 0 Å². The third kappa shape index (κ3) is 2.25. The second-order valence-electron chi connectivity index (χ2n) is 3.07. The lowest BCUT2D eigenvalue weighted by molar-refractivity contribution is 0.101. The Bertz CT molecular complexity index is 526. The molecule has 0 bridgehead atoms. The summed E-state index contributed by atoms with van der Waals surface area (Å²) >= 11 is 7.33. The highest BCUT2D eigenvalue weighted by Crippen LogP contribution is 2.32. The van der Waals surface area contributed by atoms with Crippen LogP contribution in [0.2, 0.25) is 5.02 Å². The van der Waals surface area contributed by atoms with E-state index in [4.69, 9.17) is 11.6 Å². The van der Waals surface area contributed by atoms with Gasteiger partial charge >= 0.3 is 0 Å². The normalized spacial score (nSPS) is 10.4. The smallest absolute Gasteiger partial charge is 0.182 e. The lowest BCUT2D eigenvalue weighted by Gasteiger charge is -2.00. The Labute approximate surface area is 101 Å². The first-order valence-electron chi connectivity index (χ1n) is 4.52. The number of aromatic amines is 1. The molecule has 0 saturated carbocycles. The van der Waals surface area contributed by atoms with E-state index in [-0.39, 0.29) is 5.78 Å². The van der Waals surface area contributed by atoms with Crippen LogP contribution in [0.25, 0.3) is 0 Å². The van der Waals surface area contributed by atoms with Crippen LogP contribution in [0.5, 0.6) is 0 Å². The number of carbonyl (C=O) groups excluding carboxylic acids is 1. The Morgan fingerprint density at radius 1 is 1.38 bits per heavy atom. The van der Waals surface area contributed by atoms with E-state index in [2.05, 4.69) is 15.4 Å². The van der Waals surface area contributed by atoms with Crippen molar-refractivity contribution in [2.75, 3.05) is 0 Å². The van der Waals surface area contributed by atoms with Crippen molar-refractivity contribution in [2.45, 2.75) is 16.8 Å². The van der Waals surface area contributed by atoms with E-state index < -0.39 is 0 Å². The predicted octanol–water partition coefficient (Wildman–Crippen LogP) is 2.81. The Morgan fingerprint density at radius 2 is 2.12 bits per heavy atom. The maximum atomic E-state index is 11.2. The highest BCUT2D eigenvalue weighted by atomic mass is 35.5. The van der Waals surface area contributed by atoms with Gasteiger partial charge in [-0.1, -0.05) is 35.5 Å². The first-order valence-corrected chi connectivity index (χ1v) is 5.72. The van der Waals surface area contributed by atoms with Gasteiger partial charge in [0.15, 0.2) is 16.5 Å². The van der Waals surface area contributed by atoms with E-state index in [0.717, 1.165) is 4.90 Å². The van der Waals surface area contributed by atoms with Crippen molar-refractivity contribution >= 4 is 29.1 Å². The second kappa shape index (κ2) is 4.67. The van der Waals surface area contributed by atoms with Gasteiger partial charge in [-0.05, 0) is 12.1 Å². The molecule has 0 saturated heterocycles.